The minimum atomic E-state index is -4.11. The molecule has 0 amide bonds. The molecule has 18 heavy (non-hydrogen) atoms. The van der Waals surface area contributed by atoms with Gasteiger partial charge in [-0.3, -0.25) is 4.68 Å². The van der Waals surface area contributed by atoms with Crippen LogP contribution in [0.25, 0.3) is 0 Å². The third kappa shape index (κ3) is 3.73. The molecular weight excluding hydrogens is 243 g/mol. The van der Waals surface area contributed by atoms with Crippen molar-refractivity contribution in [1.82, 2.24) is 15.1 Å². The molecule has 1 aromatic rings. The second-order valence-corrected chi connectivity index (χ2v) is 4.47. The van der Waals surface area contributed by atoms with Gasteiger partial charge in [0.15, 0.2) is 0 Å². The van der Waals surface area contributed by atoms with Gasteiger partial charge in [0.2, 0.25) is 0 Å². The molecule has 3 nitrogen and oxygen atoms in total. The number of rotatable bonds is 5. The number of halogens is 3. The first-order valence-electron chi connectivity index (χ1n) is 6.06. The van der Waals surface area contributed by atoms with Crippen LogP contribution in [-0.4, -0.2) is 22.5 Å². The lowest BCUT2D eigenvalue weighted by Crippen LogP contribution is -2.24. The van der Waals surface area contributed by atoms with E-state index in [4.69, 9.17) is 0 Å². The summed E-state index contributed by atoms with van der Waals surface area (Å²) < 4.78 is 38.7. The largest absolute Gasteiger partial charge is 0.389 e. The SMILES string of the molecule is CCNC(CCC(F)(F)F)c1c(C)nn(C)c1C. The number of aromatic nitrogens is 2. The molecule has 1 aromatic heterocycles. The Morgan fingerprint density at radius 3 is 2.33 bits per heavy atom. The molecule has 1 heterocycles. The van der Waals surface area contributed by atoms with E-state index in [0.717, 1.165) is 17.0 Å². The molecule has 0 fully saturated rings. The van der Waals surface area contributed by atoms with E-state index in [1.807, 2.05) is 20.8 Å². The van der Waals surface area contributed by atoms with E-state index in [1.165, 1.54) is 0 Å². The fraction of sp³-hybridized carbons (Fsp3) is 0.750. The summed E-state index contributed by atoms with van der Waals surface area (Å²) in [6, 6.07) is -0.287. The summed E-state index contributed by atoms with van der Waals surface area (Å²) >= 11 is 0. The molecule has 1 rings (SSSR count). The Morgan fingerprint density at radius 2 is 1.94 bits per heavy atom. The highest BCUT2D eigenvalue weighted by atomic mass is 19.4. The Hall–Kier alpha value is -1.04. The van der Waals surface area contributed by atoms with Crippen LogP contribution in [0.4, 0.5) is 13.2 Å². The molecule has 0 bridgehead atoms. The zero-order chi connectivity index (χ0) is 13.9. The van der Waals surface area contributed by atoms with Crippen molar-refractivity contribution in [2.24, 2.45) is 7.05 Å². The first-order chi connectivity index (χ1) is 8.26. The average Bonchev–Trinajstić information content (AvgIpc) is 2.48. The van der Waals surface area contributed by atoms with Gasteiger partial charge in [-0.1, -0.05) is 6.92 Å². The van der Waals surface area contributed by atoms with Crippen LogP contribution in [0.2, 0.25) is 0 Å². The van der Waals surface area contributed by atoms with Crippen molar-refractivity contribution in [3.63, 3.8) is 0 Å². The van der Waals surface area contributed by atoms with Crippen LogP contribution in [0.1, 0.15) is 42.8 Å². The molecular formula is C12H20F3N3. The molecule has 0 saturated heterocycles. The molecule has 0 aliphatic rings. The van der Waals surface area contributed by atoms with Crippen molar-refractivity contribution in [1.29, 1.82) is 0 Å². The normalized spacial score (nSPS) is 13.9. The molecule has 0 aromatic carbocycles. The third-order valence-electron chi connectivity index (χ3n) is 3.08. The van der Waals surface area contributed by atoms with E-state index >= 15 is 0 Å². The van der Waals surface area contributed by atoms with Gasteiger partial charge in [-0.05, 0) is 26.8 Å². The highest BCUT2D eigenvalue weighted by molar-refractivity contribution is 5.28. The van der Waals surface area contributed by atoms with Gasteiger partial charge in [0.05, 0.1) is 5.69 Å². The molecule has 0 radical (unpaired) electrons. The summed E-state index contributed by atoms with van der Waals surface area (Å²) in [5, 5.41) is 7.37. The Labute approximate surface area is 105 Å². The molecule has 0 spiro atoms. The van der Waals surface area contributed by atoms with Crippen molar-refractivity contribution in [2.75, 3.05) is 6.54 Å². The summed E-state index contributed by atoms with van der Waals surface area (Å²) in [5.41, 5.74) is 2.60. The molecule has 1 N–H and O–H groups in total. The van der Waals surface area contributed by atoms with Gasteiger partial charge in [-0.15, -0.1) is 0 Å². The number of hydrogen-bond acceptors (Lipinski definition) is 2. The lowest BCUT2D eigenvalue weighted by Gasteiger charge is -2.19. The molecule has 1 unspecified atom stereocenters. The number of nitrogens with zero attached hydrogens (tertiary/aromatic N) is 2. The van der Waals surface area contributed by atoms with Gasteiger partial charge < -0.3 is 5.32 Å². The van der Waals surface area contributed by atoms with Gasteiger partial charge in [0.1, 0.15) is 0 Å². The van der Waals surface area contributed by atoms with Crippen molar-refractivity contribution in [2.45, 2.75) is 45.8 Å². The van der Waals surface area contributed by atoms with Crippen molar-refractivity contribution in [3.05, 3.63) is 17.0 Å². The summed E-state index contributed by atoms with van der Waals surface area (Å²) in [6.07, 6.45) is -4.85. The second-order valence-electron chi connectivity index (χ2n) is 4.47. The Morgan fingerprint density at radius 1 is 1.33 bits per heavy atom. The average molecular weight is 263 g/mol. The first-order valence-corrected chi connectivity index (χ1v) is 6.06. The summed E-state index contributed by atoms with van der Waals surface area (Å²) in [5.74, 6) is 0. The second kappa shape index (κ2) is 5.73. The van der Waals surface area contributed by atoms with E-state index in [0.29, 0.717) is 6.54 Å². The van der Waals surface area contributed by atoms with Gasteiger partial charge in [-0.25, -0.2) is 0 Å². The van der Waals surface area contributed by atoms with Gasteiger partial charge in [-0.2, -0.15) is 18.3 Å². The third-order valence-corrected chi connectivity index (χ3v) is 3.08. The van der Waals surface area contributed by atoms with E-state index in [-0.39, 0.29) is 12.5 Å². The van der Waals surface area contributed by atoms with Crippen LogP contribution in [0.3, 0.4) is 0 Å². The van der Waals surface area contributed by atoms with Crippen molar-refractivity contribution in [3.8, 4) is 0 Å². The van der Waals surface area contributed by atoms with Crippen molar-refractivity contribution >= 4 is 0 Å². The quantitative estimate of drug-likeness (QED) is 0.885. The topological polar surface area (TPSA) is 29.9 Å². The predicted octanol–water partition coefficient (Wildman–Crippen LogP) is 3.03. The van der Waals surface area contributed by atoms with Crippen LogP contribution in [0.5, 0.6) is 0 Å². The number of alkyl halides is 3. The Bertz CT molecular complexity index is 396. The standard InChI is InChI=1S/C12H20F3N3/c1-5-16-10(6-7-12(13,14)15)11-8(2)17-18(4)9(11)3/h10,16H,5-7H2,1-4H3. The first kappa shape index (κ1) is 15.0. The van der Waals surface area contributed by atoms with Gasteiger partial charge in [0.25, 0.3) is 0 Å². The summed E-state index contributed by atoms with van der Waals surface area (Å²) in [7, 11) is 1.80. The Balaban J connectivity index is 2.90. The summed E-state index contributed by atoms with van der Waals surface area (Å²) in [6.45, 7) is 6.24. The molecule has 104 valence electrons. The van der Waals surface area contributed by atoms with Crippen LogP contribution in [-0.2, 0) is 7.05 Å². The zero-order valence-electron chi connectivity index (χ0n) is 11.2. The fourth-order valence-corrected chi connectivity index (χ4v) is 2.20. The van der Waals surface area contributed by atoms with Crippen molar-refractivity contribution < 1.29 is 13.2 Å². The fourth-order valence-electron chi connectivity index (χ4n) is 2.20. The van der Waals surface area contributed by atoms with E-state index < -0.39 is 12.6 Å². The van der Waals surface area contributed by atoms with E-state index in [2.05, 4.69) is 10.4 Å². The molecule has 0 aliphatic heterocycles. The van der Waals surface area contributed by atoms with Crippen LogP contribution < -0.4 is 5.32 Å². The molecule has 6 heteroatoms. The van der Waals surface area contributed by atoms with Gasteiger partial charge >= 0.3 is 6.18 Å². The zero-order valence-corrected chi connectivity index (χ0v) is 11.2. The maximum Gasteiger partial charge on any atom is 0.389 e. The predicted molar refractivity (Wildman–Crippen MR) is 64.4 cm³/mol. The lowest BCUT2D eigenvalue weighted by atomic mass is 10.00. The monoisotopic (exact) mass is 263 g/mol. The highest BCUT2D eigenvalue weighted by Gasteiger charge is 2.30. The molecule has 1 atom stereocenters. The number of hydrogen-bond donors (Lipinski definition) is 1. The van der Waals surface area contributed by atoms with E-state index in [1.54, 1.807) is 11.7 Å². The van der Waals surface area contributed by atoms with Crippen LogP contribution in [0, 0.1) is 13.8 Å². The minimum Gasteiger partial charge on any atom is -0.310 e. The number of aryl methyl sites for hydroxylation is 2. The maximum absolute atomic E-state index is 12.3. The molecule has 0 saturated carbocycles. The molecule has 0 aliphatic carbocycles. The summed E-state index contributed by atoms with van der Waals surface area (Å²) in [4.78, 5) is 0. The van der Waals surface area contributed by atoms with Gasteiger partial charge in [0, 0.05) is 30.8 Å². The lowest BCUT2D eigenvalue weighted by molar-refractivity contribution is -0.136. The Kier molecular flexibility index (Phi) is 4.78. The van der Waals surface area contributed by atoms with Crippen LogP contribution >= 0.6 is 0 Å². The highest BCUT2D eigenvalue weighted by Crippen LogP contribution is 2.30. The number of nitrogens with one attached hydrogen (secondary N) is 1. The smallest absolute Gasteiger partial charge is 0.310 e. The van der Waals surface area contributed by atoms with E-state index in [9.17, 15) is 13.2 Å². The maximum atomic E-state index is 12.3. The van der Waals surface area contributed by atoms with Crippen LogP contribution in [0.15, 0.2) is 0 Å². The minimum absolute atomic E-state index is 0.0463.